The minimum absolute atomic E-state index is 0.529. The molecule has 336 valence electrons. The molecule has 0 bridgehead atoms. The van der Waals surface area contributed by atoms with Crippen LogP contribution in [0.5, 0.6) is 0 Å². The van der Waals surface area contributed by atoms with Crippen molar-refractivity contribution in [1.29, 1.82) is 0 Å². The fourth-order valence-electron chi connectivity index (χ4n) is 9.14. The van der Waals surface area contributed by atoms with Crippen molar-refractivity contribution in [2.45, 2.75) is 256 Å². The van der Waals surface area contributed by atoms with Crippen LogP contribution in [0.3, 0.4) is 0 Å². The van der Waals surface area contributed by atoms with Crippen LogP contribution in [-0.2, 0) is 4.74 Å². The molecular formula is C58H98O. The van der Waals surface area contributed by atoms with Gasteiger partial charge in [-0.1, -0.05) is 291 Å². The lowest BCUT2D eigenvalue weighted by Gasteiger charge is -2.12. The smallest absolute Gasteiger partial charge is 0.0466 e. The molecule has 0 aromatic heterocycles. The third-order valence-corrected chi connectivity index (χ3v) is 13.1. The summed E-state index contributed by atoms with van der Waals surface area (Å²) >= 11 is 0. The van der Waals surface area contributed by atoms with Gasteiger partial charge in [0.25, 0.3) is 0 Å². The topological polar surface area (TPSA) is 9.23 Å². The van der Waals surface area contributed by atoms with Gasteiger partial charge in [-0.3, -0.25) is 0 Å². The van der Waals surface area contributed by atoms with Gasteiger partial charge in [0.15, 0.2) is 0 Å². The highest BCUT2D eigenvalue weighted by Crippen LogP contribution is 2.25. The molecule has 2 unspecified atom stereocenters. The zero-order valence-electron chi connectivity index (χ0n) is 39.2. The average molecular weight is 811 g/mol. The maximum Gasteiger partial charge on any atom is 0.0466 e. The number of unbranched alkanes of at least 4 members (excludes halogenated alkanes) is 34. The van der Waals surface area contributed by atoms with Crippen molar-refractivity contribution in [3.8, 4) is 0 Å². The van der Waals surface area contributed by atoms with E-state index >= 15 is 0 Å². The normalized spacial score (nSPS) is 12.5. The summed E-state index contributed by atoms with van der Waals surface area (Å²) in [6, 6.07) is 21.8. The van der Waals surface area contributed by atoms with Gasteiger partial charge >= 0.3 is 0 Å². The van der Waals surface area contributed by atoms with E-state index in [1.54, 1.807) is 0 Å². The predicted octanol–water partition coefficient (Wildman–Crippen LogP) is 19.8. The molecule has 0 aliphatic heterocycles. The molecular weight excluding hydrogens is 713 g/mol. The largest absolute Gasteiger partial charge is 0.381 e. The van der Waals surface area contributed by atoms with Crippen LogP contribution in [0.2, 0.25) is 0 Å². The van der Waals surface area contributed by atoms with Gasteiger partial charge < -0.3 is 4.74 Å². The number of hydrogen-bond donors (Lipinski definition) is 0. The van der Waals surface area contributed by atoms with Crippen molar-refractivity contribution in [2.24, 2.45) is 0 Å². The van der Waals surface area contributed by atoms with Crippen molar-refractivity contribution in [2.75, 3.05) is 13.2 Å². The van der Waals surface area contributed by atoms with Gasteiger partial charge in [0.1, 0.15) is 0 Å². The third-order valence-electron chi connectivity index (χ3n) is 13.1. The third kappa shape index (κ3) is 33.2. The summed E-state index contributed by atoms with van der Waals surface area (Å²) in [4.78, 5) is 0. The van der Waals surface area contributed by atoms with E-state index in [0.717, 1.165) is 13.2 Å². The van der Waals surface area contributed by atoms with E-state index in [0.29, 0.717) is 11.8 Å². The second-order valence-corrected chi connectivity index (χ2v) is 18.4. The van der Waals surface area contributed by atoms with E-state index in [1.165, 1.54) is 255 Å². The molecule has 0 amide bonds. The van der Waals surface area contributed by atoms with E-state index in [2.05, 4.69) is 86.0 Å². The lowest BCUT2D eigenvalue weighted by Crippen LogP contribution is -1.97. The summed E-state index contributed by atoms with van der Waals surface area (Å²) in [5.74, 6) is 1.06. The van der Waals surface area contributed by atoms with Crippen LogP contribution in [0.1, 0.15) is 267 Å². The quantitative estimate of drug-likeness (QED) is 0.0478. The molecule has 0 aliphatic carbocycles. The molecule has 1 heteroatoms. The zero-order valence-corrected chi connectivity index (χ0v) is 39.2. The number of rotatable bonds is 46. The fourth-order valence-corrected chi connectivity index (χ4v) is 9.14. The number of benzene rings is 2. The second-order valence-electron chi connectivity index (χ2n) is 18.4. The molecule has 0 radical (unpaired) electrons. The van der Waals surface area contributed by atoms with E-state index < -0.39 is 0 Å². The van der Waals surface area contributed by atoms with Crippen LogP contribution in [0.15, 0.2) is 86.0 Å². The van der Waals surface area contributed by atoms with Crippen LogP contribution >= 0.6 is 0 Å². The maximum absolute atomic E-state index is 5.94. The van der Waals surface area contributed by atoms with Crippen LogP contribution < -0.4 is 0 Å². The predicted molar refractivity (Wildman–Crippen MR) is 265 cm³/mol. The molecule has 2 aromatic carbocycles. The number of hydrogen-bond acceptors (Lipinski definition) is 1. The van der Waals surface area contributed by atoms with Gasteiger partial charge in [0, 0.05) is 25.0 Å². The summed E-state index contributed by atoms with van der Waals surface area (Å²) in [5, 5.41) is 0. The van der Waals surface area contributed by atoms with Crippen molar-refractivity contribution in [3.63, 3.8) is 0 Å². The first-order valence-electron chi connectivity index (χ1n) is 26.3. The number of ether oxygens (including phenoxy) is 1. The second kappa shape index (κ2) is 42.6. The summed E-state index contributed by atoms with van der Waals surface area (Å²) in [5.41, 5.74) is 2.85. The zero-order chi connectivity index (χ0) is 41.8. The molecule has 1 nitrogen and oxygen atoms in total. The first kappa shape index (κ1) is 53.0. The molecule has 0 saturated carbocycles. The van der Waals surface area contributed by atoms with Crippen LogP contribution in [0.4, 0.5) is 0 Å². The highest BCUT2D eigenvalue weighted by Gasteiger charge is 2.07. The Morgan fingerprint density at radius 1 is 0.288 bits per heavy atom. The molecule has 0 N–H and O–H groups in total. The van der Waals surface area contributed by atoms with Gasteiger partial charge in [0.05, 0.1) is 0 Å². The van der Waals surface area contributed by atoms with Crippen LogP contribution in [0.25, 0.3) is 0 Å². The van der Waals surface area contributed by atoms with Gasteiger partial charge in [-0.15, -0.1) is 13.2 Å². The Kier molecular flexibility index (Phi) is 38.2. The Bertz CT molecular complexity index is 1030. The molecule has 0 spiro atoms. The summed E-state index contributed by atoms with van der Waals surface area (Å²) in [6.07, 6.45) is 57.8. The van der Waals surface area contributed by atoms with Crippen LogP contribution in [0, 0.1) is 0 Å². The summed E-state index contributed by atoms with van der Waals surface area (Å²) in [6.45, 7) is 10.1. The molecule has 59 heavy (non-hydrogen) atoms. The van der Waals surface area contributed by atoms with Crippen molar-refractivity contribution in [3.05, 3.63) is 97.1 Å². The molecule has 0 fully saturated rings. The average Bonchev–Trinajstić information content (AvgIpc) is 3.27. The first-order valence-corrected chi connectivity index (χ1v) is 26.3. The SMILES string of the molecule is C=CC(CCCCCCCCCCCCCCCCCCCCOCCCCCCCCCCCCCCCCCCCCC(C=C)c1ccccc1)c1ccccc1. The van der Waals surface area contributed by atoms with Gasteiger partial charge in [-0.25, -0.2) is 0 Å². The highest BCUT2D eigenvalue weighted by atomic mass is 16.5. The standard InChI is InChI=1S/C58H98O/c1-3-55(57-49-41-37-42-50-57)47-39-33-29-25-21-17-13-9-5-7-11-15-19-23-27-31-35-45-53-59-54-46-36-32-28-24-20-16-12-8-6-10-14-18-22-26-30-34-40-48-56(4-2)58-51-43-38-44-52-58/h3-4,37-38,41-44,49-52,55-56H,1-2,5-36,39-40,45-48,53-54H2. The minimum Gasteiger partial charge on any atom is -0.381 e. The monoisotopic (exact) mass is 811 g/mol. The van der Waals surface area contributed by atoms with E-state index in [4.69, 9.17) is 4.74 Å². The molecule has 0 aliphatic rings. The van der Waals surface area contributed by atoms with Crippen LogP contribution in [-0.4, -0.2) is 13.2 Å². The Hall–Kier alpha value is -2.12. The Morgan fingerprint density at radius 2 is 0.492 bits per heavy atom. The van der Waals surface area contributed by atoms with E-state index in [1.807, 2.05) is 0 Å². The van der Waals surface area contributed by atoms with Crippen molar-refractivity contribution < 1.29 is 4.74 Å². The lowest BCUT2D eigenvalue weighted by atomic mass is 9.93. The number of allylic oxidation sites excluding steroid dienone is 2. The van der Waals surface area contributed by atoms with Gasteiger partial charge in [0.2, 0.25) is 0 Å². The fraction of sp³-hybridized carbons (Fsp3) is 0.724. The van der Waals surface area contributed by atoms with E-state index in [-0.39, 0.29) is 0 Å². The van der Waals surface area contributed by atoms with Crippen molar-refractivity contribution in [1.82, 2.24) is 0 Å². The lowest BCUT2D eigenvalue weighted by molar-refractivity contribution is 0.125. The first-order chi connectivity index (χ1) is 29.3. The molecule has 0 saturated heterocycles. The van der Waals surface area contributed by atoms with Crippen molar-refractivity contribution >= 4 is 0 Å². The minimum atomic E-state index is 0.529. The van der Waals surface area contributed by atoms with Gasteiger partial charge in [-0.05, 0) is 36.8 Å². The molecule has 2 rings (SSSR count). The van der Waals surface area contributed by atoms with Gasteiger partial charge in [-0.2, -0.15) is 0 Å². The molecule has 2 atom stereocenters. The molecule has 2 aromatic rings. The Labute approximate surface area is 369 Å². The maximum atomic E-state index is 5.94. The Balaban J connectivity index is 1.14. The summed E-state index contributed by atoms with van der Waals surface area (Å²) in [7, 11) is 0. The Morgan fingerprint density at radius 3 is 0.712 bits per heavy atom. The summed E-state index contributed by atoms with van der Waals surface area (Å²) < 4.78 is 5.94. The van der Waals surface area contributed by atoms with E-state index in [9.17, 15) is 0 Å². The molecule has 0 heterocycles. The highest BCUT2D eigenvalue weighted by molar-refractivity contribution is 5.23.